The maximum Gasteiger partial charge on any atom is 0.0937 e. The molecule has 0 unspecified atom stereocenters. The predicted octanol–water partition coefficient (Wildman–Crippen LogP) is 0.136. The molecule has 0 aliphatic carbocycles. The number of aliphatic imine (C=N–C) groups is 1. The van der Waals surface area contributed by atoms with Crippen molar-refractivity contribution < 1.29 is 5.11 Å². The van der Waals surface area contributed by atoms with Crippen LogP contribution in [0.1, 0.15) is 19.8 Å². The van der Waals surface area contributed by atoms with Gasteiger partial charge in [-0.25, -0.2) is 0 Å². The Morgan fingerprint density at radius 2 is 2.33 bits per heavy atom. The lowest BCUT2D eigenvalue weighted by molar-refractivity contribution is 0.306. The van der Waals surface area contributed by atoms with E-state index in [1.807, 2.05) is 6.92 Å². The molecule has 0 radical (unpaired) electrons. The fourth-order valence-corrected chi connectivity index (χ4v) is 0.529. The predicted molar refractivity (Wildman–Crippen MR) is 38.5 cm³/mol. The van der Waals surface area contributed by atoms with E-state index in [2.05, 4.69) is 4.99 Å². The largest absolute Gasteiger partial charge is 0.394 e. The maximum absolute atomic E-state index is 8.32. The van der Waals surface area contributed by atoms with Crippen molar-refractivity contribution in [3.8, 4) is 0 Å². The first-order chi connectivity index (χ1) is 4.31. The Kier molecular flexibility index (Phi) is 5.21. The summed E-state index contributed by atoms with van der Waals surface area (Å²) < 4.78 is 0. The highest BCUT2D eigenvalue weighted by molar-refractivity contribution is 5.80. The van der Waals surface area contributed by atoms with E-state index < -0.39 is 0 Å². The van der Waals surface area contributed by atoms with Crippen LogP contribution in [0.3, 0.4) is 0 Å². The maximum atomic E-state index is 8.32. The normalized spacial score (nSPS) is 12.0. The first-order valence-corrected chi connectivity index (χ1v) is 3.21. The summed E-state index contributed by atoms with van der Waals surface area (Å²) in [6.45, 7) is 2.57. The van der Waals surface area contributed by atoms with Crippen molar-refractivity contribution in [1.82, 2.24) is 0 Å². The van der Waals surface area contributed by atoms with Gasteiger partial charge in [-0.15, -0.1) is 0 Å². The lowest BCUT2D eigenvalue weighted by atomic mass is 10.3. The van der Waals surface area contributed by atoms with Gasteiger partial charge in [0.05, 0.1) is 19.0 Å². The van der Waals surface area contributed by atoms with Gasteiger partial charge in [0, 0.05) is 6.42 Å². The molecule has 9 heavy (non-hydrogen) atoms. The van der Waals surface area contributed by atoms with E-state index in [-0.39, 0.29) is 6.61 Å². The minimum Gasteiger partial charge on any atom is -0.394 e. The fraction of sp³-hybridized carbons (Fsp3) is 0.833. The number of hydrogen-bond donors (Lipinski definition) is 2. The average molecular weight is 130 g/mol. The molecule has 0 saturated heterocycles. The van der Waals surface area contributed by atoms with Gasteiger partial charge in [-0.05, 0) is 6.42 Å². The lowest BCUT2D eigenvalue weighted by Gasteiger charge is -1.94. The first kappa shape index (κ1) is 8.43. The standard InChI is InChI=1S/C6H14N2O/c1-2-3-6(7)8-4-5-9/h9H,2-5H2,1H3,(H2,7,8). The first-order valence-electron chi connectivity index (χ1n) is 3.21. The Morgan fingerprint density at radius 1 is 1.67 bits per heavy atom. The summed E-state index contributed by atoms with van der Waals surface area (Å²) in [7, 11) is 0. The molecule has 0 atom stereocenters. The summed E-state index contributed by atoms with van der Waals surface area (Å²) >= 11 is 0. The van der Waals surface area contributed by atoms with Crippen LogP contribution in [0.4, 0.5) is 0 Å². The van der Waals surface area contributed by atoms with E-state index >= 15 is 0 Å². The number of hydrogen-bond acceptors (Lipinski definition) is 2. The zero-order valence-electron chi connectivity index (χ0n) is 5.80. The van der Waals surface area contributed by atoms with Gasteiger partial charge in [-0.3, -0.25) is 4.99 Å². The highest BCUT2D eigenvalue weighted by atomic mass is 16.3. The SMILES string of the molecule is CCCC(N)=NCCO. The van der Waals surface area contributed by atoms with Gasteiger partial charge >= 0.3 is 0 Å². The molecule has 0 aliphatic rings. The molecular formula is C6H14N2O. The van der Waals surface area contributed by atoms with E-state index in [4.69, 9.17) is 10.8 Å². The van der Waals surface area contributed by atoms with Crippen LogP contribution in [0.5, 0.6) is 0 Å². The van der Waals surface area contributed by atoms with E-state index in [0.717, 1.165) is 12.8 Å². The van der Waals surface area contributed by atoms with E-state index in [0.29, 0.717) is 12.4 Å². The Hall–Kier alpha value is -0.570. The number of nitrogens with two attached hydrogens (primary N) is 1. The minimum atomic E-state index is 0.0877. The molecule has 0 bridgehead atoms. The van der Waals surface area contributed by atoms with Gasteiger partial charge in [-0.1, -0.05) is 6.92 Å². The summed E-state index contributed by atoms with van der Waals surface area (Å²) in [4.78, 5) is 3.88. The van der Waals surface area contributed by atoms with Crippen molar-refractivity contribution >= 4 is 5.84 Å². The lowest BCUT2D eigenvalue weighted by Crippen LogP contribution is -2.12. The van der Waals surface area contributed by atoms with Crippen LogP contribution < -0.4 is 5.73 Å². The summed E-state index contributed by atoms with van der Waals surface area (Å²) in [5.41, 5.74) is 5.41. The van der Waals surface area contributed by atoms with Crippen LogP contribution in [0.2, 0.25) is 0 Å². The number of amidine groups is 1. The van der Waals surface area contributed by atoms with Crippen molar-refractivity contribution in [3.63, 3.8) is 0 Å². The third-order valence-corrected chi connectivity index (χ3v) is 0.921. The second kappa shape index (κ2) is 5.56. The highest BCUT2D eigenvalue weighted by Crippen LogP contribution is 1.85. The summed E-state index contributed by atoms with van der Waals surface area (Å²) in [5, 5.41) is 8.32. The third kappa shape index (κ3) is 5.30. The highest BCUT2D eigenvalue weighted by Gasteiger charge is 1.86. The average Bonchev–Trinajstić information content (AvgIpc) is 1.85. The van der Waals surface area contributed by atoms with Gasteiger partial charge in [0.1, 0.15) is 0 Å². The smallest absolute Gasteiger partial charge is 0.0937 e. The Balaban J connectivity index is 3.30. The molecule has 0 aliphatic heterocycles. The molecular weight excluding hydrogens is 116 g/mol. The van der Waals surface area contributed by atoms with Crippen LogP contribution in [0.15, 0.2) is 4.99 Å². The van der Waals surface area contributed by atoms with Gasteiger partial charge in [0.25, 0.3) is 0 Å². The Bertz CT molecular complexity index is 91.1. The second-order valence-corrected chi connectivity index (χ2v) is 1.85. The van der Waals surface area contributed by atoms with Gasteiger partial charge in [0.15, 0.2) is 0 Å². The number of rotatable bonds is 4. The molecule has 3 heteroatoms. The molecule has 0 amide bonds. The monoisotopic (exact) mass is 130 g/mol. The van der Waals surface area contributed by atoms with Crippen LogP contribution in [0, 0.1) is 0 Å². The fourth-order valence-electron chi connectivity index (χ4n) is 0.529. The van der Waals surface area contributed by atoms with Crippen LogP contribution in [-0.4, -0.2) is 24.1 Å². The number of aliphatic hydroxyl groups is 1. The summed E-state index contributed by atoms with van der Waals surface area (Å²) in [6, 6.07) is 0. The molecule has 0 fully saturated rings. The zero-order chi connectivity index (χ0) is 7.11. The van der Waals surface area contributed by atoms with E-state index in [1.54, 1.807) is 0 Å². The van der Waals surface area contributed by atoms with Crippen LogP contribution >= 0.6 is 0 Å². The molecule has 0 aromatic rings. The Morgan fingerprint density at radius 3 is 2.78 bits per heavy atom. The third-order valence-electron chi connectivity index (χ3n) is 0.921. The number of aliphatic hydroxyl groups excluding tert-OH is 1. The van der Waals surface area contributed by atoms with Crippen molar-refractivity contribution in [1.29, 1.82) is 0 Å². The minimum absolute atomic E-state index is 0.0877. The summed E-state index contributed by atoms with van der Waals surface area (Å²) in [5.74, 6) is 0.645. The van der Waals surface area contributed by atoms with Gasteiger partial charge in [0.2, 0.25) is 0 Å². The summed E-state index contributed by atoms with van der Waals surface area (Å²) in [6.07, 6.45) is 1.85. The molecule has 54 valence electrons. The molecule has 3 N–H and O–H groups in total. The van der Waals surface area contributed by atoms with Crippen molar-refractivity contribution in [2.24, 2.45) is 10.7 Å². The van der Waals surface area contributed by atoms with Crippen LogP contribution in [-0.2, 0) is 0 Å². The topological polar surface area (TPSA) is 58.6 Å². The molecule has 0 aromatic heterocycles. The molecule has 0 aromatic carbocycles. The second-order valence-electron chi connectivity index (χ2n) is 1.85. The van der Waals surface area contributed by atoms with Gasteiger partial charge in [-0.2, -0.15) is 0 Å². The molecule has 0 rings (SSSR count). The molecule has 0 saturated carbocycles. The van der Waals surface area contributed by atoms with Crippen molar-refractivity contribution in [3.05, 3.63) is 0 Å². The Labute approximate surface area is 55.6 Å². The number of nitrogens with zero attached hydrogens (tertiary/aromatic N) is 1. The molecule has 3 nitrogen and oxygen atoms in total. The van der Waals surface area contributed by atoms with Gasteiger partial charge < -0.3 is 10.8 Å². The van der Waals surface area contributed by atoms with E-state index in [1.165, 1.54) is 0 Å². The quantitative estimate of drug-likeness (QED) is 0.420. The molecule has 0 spiro atoms. The molecule has 0 heterocycles. The zero-order valence-corrected chi connectivity index (χ0v) is 5.80. The van der Waals surface area contributed by atoms with Crippen molar-refractivity contribution in [2.75, 3.05) is 13.2 Å². The van der Waals surface area contributed by atoms with Crippen LogP contribution in [0.25, 0.3) is 0 Å². The van der Waals surface area contributed by atoms with Crippen molar-refractivity contribution in [2.45, 2.75) is 19.8 Å². The van der Waals surface area contributed by atoms with E-state index in [9.17, 15) is 0 Å².